The summed E-state index contributed by atoms with van der Waals surface area (Å²) < 4.78 is 10.0. The molecule has 4 nitrogen and oxygen atoms in total. The van der Waals surface area contributed by atoms with Crippen molar-refractivity contribution in [2.45, 2.75) is 6.92 Å². The van der Waals surface area contributed by atoms with Crippen molar-refractivity contribution in [3.05, 3.63) is 0 Å². The Morgan fingerprint density at radius 2 is 1.64 bits per heavy atom. The first-order chi connectivity index (χ1) is 6.74. The van der Waals surface area contributed by atoms with Crippen LogP contribution in [0.15, 0.2) is 0 Å². The normalized spacial score (nSPS) is 13.5. The highest BCUT2D eigenvalue weighted by Crippen LogP contribution is 1.98. The summed E-state index contributed by atoms with van der Waals surface area (Å²) in [7, 11) is 3.40. The van der Waals surface area contributed by atoms with E-state index >= 15 is 0 Å². The fraction of sp³-hybridized carbons (Fsp3) is 1.00. The maximum atomic E-state index is 8.95. The van der Waals surface area contributed by atoms with Crippen LogP contribution in [-0.4, -0.2) is 63.7 Å². The third kappa shape index (κ3) is 7.26. The van der Waals surface area contributed by atoms with E-state index in [1.165, 1.54) is 0 Å². The van der Waals surface area contributed by atoms with Gasteiger partial charge in [-0.3, -0.25) is 4.90 Å². The van der Waals surface area contributed by atoms with E-state index in [-0.39, 0.29) is 6.61 Å². The number of aliphatic hydroxyl groups excluding tert-OH is 1. The highest BCUT2D eigenvalue weighted by atomic mass is 16.5. The Hall–Kier alpha value is -0.160. The number of hydrogen-bond donors (Lipinski definition) is 1. The fourth-order valence-corrected chi connectivity index (χ4v) is 1.23. The second kappa shape index (κ2) is 9.40. The van der Waals surface area contributed by atoms with Gasteiger partial charge >= 0.3 is 0 Å². The molecule has 0 radical (unpaired) electrons. The zero-order valence-corrected chi connectivity index (χ0v) is 9.53. The molecule has 86 valence electrons. The maximum Gasteiger partial charge on any atom is 0.0589 e. The highest BCUT2D eigenvalue weighted by Gasteiger charge is 2.08. The molecule has 0 aromatic carbocycles. The Bertz CT molecular complexity index is 114. The Kier molecular flexibility index (Phi) is 9.29. The van der Waals surface area contributed by atoms with Gasteiger partial charge in [-0.05, 0) is 5.92 Å². The van der Waals surface area contributed by atoms with Gasteiger partial charge in [0.2, 0.25) is 0 Å². The highest BCUT2D eigenvalue weighted by molar-refractivity contribution is 4.61. The van der Waals surface area contributed by atoms with E-state index in [4.69, 9.17) is 14.6 Å². The van der Waals surface area contributed by atoms with E-state index in [9.17, 15) is 0 Å². The number of methoxy groups -OCH3 is 2. The number of nitrogens with zero attached hydrogens (tertiary/aromatic N) is 1. The SMILES string of the molecule is COCCN(CCOC)CC(C)CO. The van der Waals surface area contributed by atoms with Gasteiger partial charge in [0.1, 0.15) is 0 Å². The number of aliphatic hydroxyl groups is 1. The van der Waals surface area contributed by atoms with Crippen molar-refractivity contribution in [1.29, 1.82) is 0 Å². The summed E-state index contributed by atoms with van der Waals surface area (Å²) in [6.45, 7) is 6.39. The average Bonchev–Trinajstić information content (AvgIpc) is 2.21. The van der Waals surface area contributed by atoms with Gasteiger partial charge in [0.05, 0.1) is 13.2 Å². The zero-order valence-electron chi connectivity index (χ0n) is 9.53. The number of hydrogen-bond acceptors (Lipinski definition) is 4. The molecule has 0 fully saturated rings. The van der Waals surface area contributed by atoms with Crippen molar-refractivity contribution in [2.24, 2.45) is 5.92 Å². The summed E-state index contributed by atoms with van der Waals surface area (Å²) in [4.78, 5) is 2.24. The Morgan fingerprint density at radius 3 is 2.00 bits per heavy atom. The van der Waals surface area contributed by atoms with E-state index in [1.807, 2.05) is 6.92 Å². The lowest BCUT2D eigenvalue weighted by atomic mass is 10.2. The van der Waals surface area contributed by atoms with Gasteiger partial charge in [-0.1, -0.05) is 6.92 Å². The Labute approximate surface area is 86.8 Å². The fourth-order valence-electron chi connectivity index (χ4n) is 1.23. The van der Waals surface area contributed by atoms with Gasteiger partial charge in [-0.2, -0.15) is 0 Å². The van der Waals surface area contributed by atoms with Gasteiger partial charge < -0.3 is 14.6 Å². The molecule has 1 N–H and O–H groups in total. The predicted octanol–water partition coefficient (Wildman–Crippen LogP) is 0.210. The summed E-state index contributed by atoms with van der Waals surface area (Å²) >= 11 is 0. The van der Waals surface area contributed by atoms with Crippen LogP contribution in [0.5, 0.6) is 0 Å². The van der Waals surface area contributed by atoms with Crippen molar-refractivity contribution in [1.82, 2.24) is 4.90 Å². The first kappa shape index (κ1) is 13.8. The molecular formula is C10H23NO3. The molecule has 0 bridgehead atoms. The summed E-state index contributed by atoms with van der Waals surface area (Å²) in [5, 5.41) is 8.95. The third-order valence-electron chi connectivity index (χ3n) is 2.10. The van der Waals surface area contributed by atoms with Gasteiger partial charge in [0.25, 0.3) is 0 Å². The first-order valence-electron chi connectivity index (χ1n) is 5.05. The zero-order chi connectivity index (χ0) is 10.8. The second-order valence-electron chi connectivity index (χ2n) is 3.57. The Morgan fingerprint density at radius 1 is 1.14 bits per heavy atom. The minimum absolute atomic E-state index is 0.233. The molecule has 0 amide bonds. The molecule has 1 unspecified atom stereocenters. The van der Waals surface area contributed by atoms with Crippen molar-refractivity contribution in [2.75, 3.05) is 53.7 Å². The largest absolute Gasteiger partial charge is 0.396 e. The van der Waals surface area contributed by atoms with Crippen molar-refractivity contribution < 1.29 is 14.6 Å². The molecule has 0 aliphatic rings. The van der Waals surface area contributed by atoms with Crippen LogP contribution in [0.1, 0.15) is 6.92 Å². The van der Waals surface area contributed by atoms with Gasteiger partial charge in [-0.25, -0.2) is 0 Å². The molecular weight excluding hydrogens is 182 g/mol. The smallest absolute Gasteiger partial charge is 0.0589 e. The van der Waals surface area contributed by atoms with Crippen molar-refractivity contribution in [3.8, 4) is 0 Å². The molecule has 0 aromatic heterocycles. The summed E-state index contributed by atoms with van der Waals surface area (Å²) in [5.74, 6) is 0.309. The maximum absolute atomic E-state index is 8.95. The topological polar surface area (TPSA) is 41.9 Å². The number of ether oxygens (including phenoxy) is 2. The van der Waals surface area contributed by atoms with Crippen LogP contribution in [0.4, 0.5) is 0 Å². The second-order valence-corrected chi connectivity index (χ2v) is 3.57. The number of rotatable bonds is 9. The molecule has 0 saturated heterocycles. The van der Waals surface area contributed by atoms with Crippen LogP contribution < -0.4 is 0 Å². The average molecular weight is 205 g/mol. The minimum atomic E-state index is 0.233. The lowest BCUT2D eigenvalue weighted by Crippen LogP contribution is -2.35. The van der Waals surface area contributed by atoms with Crippen LogP contribution in [0.25, 0.3) is 0 Å². The molecule has 14 heavy (non-hydrogen) atoms. The molecule has 0 aliphatic carbocycles. The molecule has 0 rings (SSSR count). The molecule has 0 spiro atoms. The first-order valence-corrected chi connectivity index (χ1v) is 5.05. The molecule has 1 atom stereocenters. The standard InChI is InChI=1S/C10H23NO3/c1-10(9-12)8-11(4-6-13-2)5-7-14-3/h10,12H,4-9H2,1-3H3. The van der Waals surface area contributed by atoms with Crippen LogP contribution in [0.3, 0.4) is 0 Å². The van der Waals surface area contributed by atoms with Gasteiger partial charge in [-0.15, -0.1) is 0 Å². The Balaban J connectivity index is 3.71. The minimum Gasteiger partial charge on any atom is -0.396 e. The van der Waals surface area contributed by atoms with Crippen molar-refractivity contribution in [3.63, 3.8) is 0 Å². The van der Waals surface area contributed by atoms with Gasteiger partial charge in [0.15, 0.2) is 0 Å². The van der Waals surface area contributed by atoms with E-state index in [1.54, 1.807) is 14.2 Å². The lowest BCUT2D eigenvalue weighted by molar-refractivity contribution is 0.0954. The summed E-state index contributed by atoms with van der Waals surface area (Å²) in [6.07, 6.45) is 0. The van der Waals surface area contributed by atoms with Crippen LogP contribution in [0, 0.1) is 5.92 Å². The molecule has 4 heteroatoms. The summed E-state index contributed by atoms with van der Waals surface area (Å²) in [5.41, 5.74) is 0. The third-order valence-corrected chi connectivity index (χ3v) is 2.10. The van der Waals surface area contributed by atoms with Crippen LogP contribution >= 0.6 is 0 Å². The van der Waals surface area contributed by atoms with E-state index < -0.39 is 0 Å². The van der Waals surface area contributed by atoms with E-state index in [0.717, 1.165) is 32.8 Å². The van der Waals surface area contributed by atoms with Crippen LogP contribution in [-0.2, 0) is 9.47 Å². The molecule has 0 saturated carbocycles. The van der Waals surface area contributed by atoms with E-state index in [0.29, 0.717) is 5.92 Å². The lowest BCUT2D eigenvalue weighted by Gasteiger charge is -2.24. The predicted molar refractivity (Wildman–Crippen MR) is 56.4 cm³/mol. The molecule has 0 aliphatic heterocycles. The quantitative estimate of drug-likeness (QED) is 0.584. The van der Waals surface area contributed by atoms with Crippen molar-refractivity contribution >= 4 is 0 Å². The van der Waals surface area contributed by atoms with Crippen LogP contribution in [0.2, 0.25) is 0 Å². The molecule has 0 heterocycles. The summed E-state index contributed by atoms with van der Waals surface area (Å²) in [6, 6.07) is 0. The van der Waals surface area contributed by atoms with Gasteiger partial charge in [0, 0.05) is 40.5 Å². The van der Waals surface area contributed by atoms with E-state index in [2.05, 4.69) is 4.90 Å². The molecule has 0 aromatic rings. The monoisotopic (exact) mass is 205 g/mol.